The Labute approximate surface area is 154 Å². The summed E-state index contributed by atoms with van der Waals surface area (Å²) in [5.41, 5.74) is 0.122. The summed E-state index contributed by atoms with van der Waals surface area (Å²) in [7, 11) is 0. The lowest BCUT2D eigenvalue weighted by Crippen LogP contribution is -2.28. The molecule has 138 valence electrons. The van der Waals surface area contributed by atoms with Gasteiger partial charge < -0.3 is 15.3 Å². The molecule has 0 unspecified atom stereocenters. The highest BCUT2D eigenvalue weighted by molar-refractivity contribution is 6.29. The SMILES string of the molecule is CC(=O)[C@H]1Cc2c(O)c3c(c(O)c2[C@H](O)C1)C(=O)c1ncc(C)cc1C3=O. The number of pyridine rings is 1. The minimum atomic E-state index is -1.23. The van der Waals surface area contributed by atoms with Gasteiger partial charge in [-0.1, -0.05) is 0 Å². The molecule has 4 rings (SSSR count). The van der Waals surface area contributed by atoms with Gasteiger partial charge in [0, 0.05) is 23.2 Å². The number of ketones is 3. The number of aliphatic hydroxyl groups excluding tert-OH is 1. The maximum absolute atomic E-state index is 13.0. The number of carbonyl (C=O) groups is 3. The van der Waals surface area contributed by atoms with E-state index in [-0.39, 0.29) is 52.1 Å². The minimum absolute atomic E-state index is 0.000427. The zero-order valence-corrected chi connectivity index (χ0v) is 14.7. The molecule has 27 heavy (non-hydrogen) atoms. The summed E-state index contributed by atoms with van der Waals surface area (Å²) in [4.78, 5) is 41.6. The fourth-order valence-electron chi connectivity index (χ4n) is 4.00. The van der Waals surface area contributed by atoms with Gasteiger partial charge in [0.1, 0.15) is 23.0 Å². The predicted octanol–water partition coefficient (Wildman–Crippen LogP) is 1.76. The molecule has 0 spiro atoms. The highest BCUT2D eigenvalue weighted by Crippen LogP contribution is 2.49. The second kappa shape index (κ2) is 5.72. The van der Waals surface area contributed by atoms with Crippen molar-refractivity contribution in [1.29, 1.82) is 0 Å². The van der Waals surface area contributed by atoms with Crippen LogP contribution in [0.25, 0.3) is 0 Å². The number of benzene rings is 1. The molecule has 0 radical (unpaired) electrons. The van der Waals surface area contributed by atoms with Crippen molar-refractivity contribution in [3.8, 4) is 11.5 Å². The molecule has 7 heteroatoms. The number of phenolic OH excluding ortho intramolecular Hbond substituents is 2. The molecule has 0 bridgehead atoms. The molecule has 1 aromatic heterocycles. The van der Waals surface area contributed by atoms with Crippen LogP contribution in [0.15, 0.2) is 12.3 Å². The Hall–Kier alpha value is -3.06. The average Bonchev–Trinajstić information content (AvgIpc) is 2.61. The summed E-state index contributed by atoms with van der Waals surface area (Å²) in [5.74, 6) is -3.00. The smallest absolute Gasteiger partial charge is 0.216 e. The number of carbonyl (C=O) groups excluding carboxylic acids is 3. The first-order chi connectivity index (χ1) is 12.7. The van der Waals surface area contributed by atoms with Gasteiger partial charge in [0.05, 0.1) is 22.8 Å². The molecule has 1 aromatic carbocycles. The van der Waals surface area contributed by atoms with Crippen molar-refractivity contribution in [2.75, 3.05) is 0 Å². The van der Waals surface area contributed by atoms with Crippen LogP contribution in [0.1, 0.15) is 68.1 Å². The number of phenols is 2. The van der Waals surface area contributed by atoms with Crippen molar-refractivity contribution in [3.05, 3.63) is 51.3 Å². The largest absolute Gasteiger partial charge is 0.507 e. The van der Waals surface area contributed by atoms with E-state index in [1.165, 1.54) is 19.2 Å². The van der Waals surface area contributed by atoms with E-state index in [9.17, 15) is 29.7 Å². The van der Waals surface area contributed by atoms with E-state index >= 15 is 0 Å². The third kappa shape index (κ3) is 2.31. The first-order valence-electron chi connectivity index (χ1n) is 8.57. The van der Waals surface area contributed by atoms with E-state index in [0.29, 0.717) is 5.56 Å². The van der Waals surface area contributed by atoms with Gasteiger partial charge in [-0.05, 0) is 38.3 Å². The van der Waals surface area contributed by atoms with Crippen molar-refractivity contribution in [2.24, 2.45) is 5.92 Å². The van der Waals surface area contributed by atoms with Gasteiger partial charge in [-0.3, -0.25) is 19.4 Å². The number of hydrogen-bond donors (Lipinski definition) is 3. The highest BCUT2D eigenvalue weighted by atomic mass is 16.3. The summed E-state index contributed by atoms with van der Waals surface area (Å²) in [6, 6.07) is 1.51. The lowest BCUT2D eigenvalue weighted by molar-refractivity contribution is -0.122. The Morgan fingerprint density at radius 1 is 1.15 bits per heavy atom. The number of aromatic nitrogens is 1. The molecular weight excluding hydrogens is 350 g/mol. The Morgan fingerprint density at radius 2 is 1.81 bits per heavy atom. The molecule has 2 aliphatic carbocycles. The van der Waals surface area contributed by atoms with Gasteiger partial charge >= 0.3 is 0 Å². The molecule has 0 aliphatic heterocycles. The summed E-state index contributed by atoms with van der Waals surface area (Å²) in [6.45, 7) is 3.11. The van der Waals surface area contributed by atoms with Gasteiger partial charge in [-0.15, -0.1) is 0 Å². The van der Waals surface area contributed by atoms with Crippen LogP contribution in [0.4, 0.5) is 0 Å². The quantitative estimate of drug-likeness (QED) is 0.560. The van der Waals surface area contributed by atoms with E-state index < -0.39 is 35.1 Å². The van der Waals surface area contributed by atoms with Crippen LogP contribution in [-0.4, -0.2) is 37.7 Å². The van der Waals surface area contributed by atoms with Crippen LogP contribution >= 0.6 is 0 Å². The van der Waals surface area contributed by atoms with Crippen molar-refractivity contribution in [3.63, 3.8) is 0 Å². The lowest BCUT2D eigenvalue weighted by Gasteiger charge is -2.31. The number of rotatable bonds is 1. The zero-order valence-electron chi connectivity index (χ0n) is 14.7. The number of aromatic hydroxyl groups is 2. The molecule has 1 heterocycles. The van der Waals surface area contributed by atoms with Crippen LogP contribution < -0.4 is 0 Å². The topological polar surface area (TPSA) is 125 Å². The van der Waals surface area contributed by atoms with E-state index in [0.717, 1.165) is 0 Å². The van der Waals surface area contributed by atoms with E-state index in [4.69, 9.17) is 0 Å². The van der Waals surface area contributed by atoms with Crippen LogP contribution in [0, 0.1) is 12.8 Å². The molecule has 0 saturated carbocycles. The summed E-state index contributed by atoms with van der Waals surface area (Å²) in [6.07, 6.45) is 0.365. The molecule has 7 nitrogen and oxygen atoms in total. The highest BCUT2D eigenvalue weighted by Gasteiger charge is 2.42. The van der Waals surface area contributed by atoms with E-state index in [1.807, 2.05) is 0 Å². The number of fused-ring (bicyclic) bond motifs is 3. The number of aliphatic hydroxyl groups is 1. The lowest BCUT2D eigenvalue weighted by atomic mass is 9.74. The van der Waals surface area contributed by atoms with Crippen molar-refractivity contribution in [2.45, 2.75) is 32.8 Å². The van der Waals surface area contributed by atoms with Crippen molar-refractivity contribution < 1.29 is 29.7 Å². The Bertz CT molecular complexity index is 1060. The maximum Gasteiger partial charge on any atom is 0.216 e. The zero-order chi connectivity index (χ0) is 19.6. The summed E-state index contributed by atoms with van der Waals surface area (Å²) >= 11 is 0. The van der Waals surface area contributed by atoms with Gasteiger partial charge in [0.2, 0.25) is 5.78 Å². The monoisotopic (exact) mass is 367 g/mol. The first kappa shape index (κ1) is 17.4. The summed E-state index contributed by atoms with van der Waals surface area (Å²) < 4.78 is 0. The number of hydrogen-bond acceptors (Lipinski definition) is 7. The average molecular weight is 367 g/mol. The normalized spacial score (nSPS) is 20.7. The fraction of sp³-hybridized carbons (Fsp3) is 0.300. The maximum atomic E-state index is 13.0. The summed E-state index contributed by atoms with van der Waals surface area (Å²) in [5, 5.41) is 31.9. The van der Waals surface area contributed by atoms with Crippen LogP contribution in [0.5, 0.6) is 11.5 Å². The molecule has 0 amide bonds. The molecule has 3 N–H and O–H groups in total. The second-order valence-electron chi connectivity index (χ2n) is 7.17. The van der Waals surface area contributed by atoms with E-state index in [1.54, 1.807) is 6.92 Å². The molecule has 2 aromatic rings. The Kier molecular flexibility index (Phi) is 3.68. The van der Waals surface area contributed by atoms with Crippen LogP contribution in [-0.2, 0) is 11.2 Å². The predicted molar refractivity (Wildman–Crippen MR) is 93.1 cm³/mol. The van der Waals surface area contributed by atoms with Crippen LogP contribution in [0.3, 0.4) is 0 Å². The van der Waals surface area contributed by atoms with Crippen LogP contribution in [0.2, 0.25) is 0 Å². The Morgan fingerprint density at radius 3 is 2.48 bits per heavy atom. The molecule has 0 fully saturated rings. The number of nitrogens with zero attached hydrogens (tertiary/aromatic N) is 1. The molecule has 2 aliphatic rings. The van der Waals surface area contributed by atoms with Gasteiger partial charge in [-0.2, -0.15) is 0 Å². The minimum Gasteiger partial charge on any atom is -0.507 e. The molecular formula is C20H17NO6. The van der Waals surface area contributed by atoms with Gasteiger partial charge in [0.15, 0.2) is 5.78 Å². The van der Waals surface area contributed by atoms with Crippen molar-refractivity contribution in [1.82, 2.24) is 4.98 Å². The van der Waals surface area contributed by atoms with Gasteiger partial charge in [0.25, 0.3) is 0 Å². The Balaban J connectivity index is 2.02. The van der Waals surface area contributed by atoms with E-state index in [2.05, 4.69) is 4.98 Å². The van der Waals surface area contributed by atoms with Crippen molar-refractivity contribution >= 4 is 17.3 Å². The third-order valence-corrected chi connectivity index (χ3v) is 5.39. The standard InChI is InChI=1S/C20H17NO6/c1-7-3-11-16(21-6-7)20(27)15-14(18(11)25)17(24)10-4-9(8(2)22)5-12(23)13(10)19(15)26/h3,6,9,12,23-24,26H,4-5H2,1-2H3/t9-,12+/m0/s1. The molecule has 0 saturated heterocycles. The number of Topliss-reactive ketones (excluding diaryl/α,β-unsaturated/α-hetero) is 1. The van der Waals surface area contributed by atoms with Gasteiger partial charge in [-0.25, -0.2) is 0 Å². The number of aryl methyl sites for hydroxylation is 1. The first-order valence-corrected chi connectivity index (χ1v) is 8.57. The second-order valence-corrected chi connectivity index (χ2v) is 7.17. The fourth-order valence-corrected chi connectivity index (χ4v) is 4.00. The third-order valence-electron chi connectivity index (χ3n) is 5.39. The molecule has 2 atom stereocenters.